The number of hydrogen-bond donors (Lipinski definition) is 2. The lowest BCUT2D eigenvalue weighted by atomic mass is 10.00. The van der Waals surface area contributed by atoms with Crippen LogP contribution in [0.5, 0.6) is 0 Å². The molecule has 12 heteroatoms. The van der Waals surface area contributed by atoms with Crippen molar-refractivity contribution in [2.24, 2.45) is 5.92 Å². The number of hydrogen-bond acceptors (Lipinski definition) is 7. The number of rotatable bonds is 7. The summed E-state index contributed by atoms with van der Waals surface area (Å²) in [6, 6.07) is 12.5. The summed E-state index contributed by atoms with van der Waals surface area (Å²) in [6.07, 6.45) is 0.785. The highest BCUT2D eigenvalue weighted by atomic mass is 32.2. The van der Waals surface area contributed by atoms with Gasteiger partial charge in [0, 0.05) is 44.3 Å². The van der Waals surface area contributed by atoms with Crippen molar-refractivity contribution in [3.05, 3.63) is 75.6 Å². The molecule has 0 radical (unpaired) electrons. The molecule has 1 aromatic heterocycles. The van der Waals surface area contributed by atoms with E-state index in [1.165, 1.54) is 24.3 Å². The van der Waals surface area contributed by atoms with Gasteiger partial charge in [-0.05, 0) is 82.7 Å². The highest BCUT2D eigenvalue weighted by molar-refractivity contribution is 7.92. The molecule has 0 unspecified atom stereocenters. The second-order valence-corrected chi connectivity index (χ2v) is 14.6. The first-order valence-corrected chi connectivity index (χ1v) is 16.6. The van der Waals surface area contributed by atoms with E-state index in [1.807, 2.05) is 52.8 Å². The molecule has 244 valence electrons. The van der Waals surface area contributed by atoms with Crippen LogP contribution in [0.4, 0.5) is 10.7 Å². The SMILES string of the molecule is Cc1cccc(C)c1-c1cc(=O)[nH]c(NS(=O)(=O)c2cccc(C(=O)N3CCCN(C(=O)OC(C)(C)C)C[C@@H]3CC(C)C)c2)n1.[HH]. The van der Waals surface area contributed by atoms with Gasteiger partial charge >= 0.3 is 6.09 Å². The van der Waals surface area contributed by atoms with E-state index in [4.69, 9.17) is 4.74 Å². The van der Waals surface area contributed by atoms with Crippen molar-refractivity contribution in [1.82, 2.24) is 19.8 Å². The predicted octanol–water partition coefficient (Wildman–Crippen LogP) is 5.60. The summed E-state index contributed by atoms with van der Waals surface area (Å²) in [6.45, 7) is 14.5. The van der Waals surface area contributed by atoms with Crippen molar-refractivity contribution in [3.63, 3.8) is 0 Å². The molecular formula is C33H45N5O6S. The standard InChI is InChI=1S/C33H43N5O6S.H2/c1-21(2)17-25-20-37(32(41)44-33(5,6)7)15-10-16-38(25)30(40)24-13-9-14-26(18-24)45(42,43)36-31-34-27(19-28(39)35-31)29-22(3)11-8-12-23(29)4;/h8-9,11-14,18-19,21,25H,10,15-17,20H2,1-7H3,(H2,34,35,36,39);1H/t25-;/m0./s1. The van der Waals surface area contributed by atoms with Gasteiger partial charge in [-0.25, -0.2) is 22.9 Å². The fourth-order valence-corrected chi connectivity index (χ4v) is 6.57. The van der Waals surface area contributed by atoms with Gasteiger partial charge in [0.2, 0.25) is 5.95 Å². The van der Waals surface area contributed by atoms with Crippen LogP contribution in [0.3, 0.4) is 0 Å². The molecule has 0 saturated carbocycles. The summed E-state index contributed by atoms with van der Waals surface area (Å²) < 4.78 is 34.9. The minimum absolute atomic E-state index is 0. The molecule has 11 nitrogen and oxygen atoms in total. The van der Waals surface area contributed by atoms with Crippen LogP contribution in [-0.4, -0.2) is 71.5 Å². The first-order valence-electron chi connectivity index (χ1n) is 15.1. The summed E-state index contributed by atoms with van der Waals surface area (Å²) in [5, 5.41) is 0. The minimum atomic E-state index is -4.24. The molecule has 1 aliphatic heterocycles. The smallest absolute Gasteiger partial charge is 0.410 e. The van der Waals surface area contributed by atoms with Crippen molar-refractivity contribution >= 4 is 28.0 Å². The second kappa shape index (κ2) is 13.4. The van der Waals surface area contributed by atoms with Gasteiger partial charge in [-0.1, -0.05) is 38.1 Å². The molecule has 2 N–H and O–H groups in total. The highest BCUT2D eigenvalue weighted by Gasteiger charge is 2.33. The first-order chi connectivity index (χ1) is 21.0. The van der Waals surface area contributed by atoms with Crippen molar-refractivity contribution < 1.29 is 24.2 Å². The van der Waals surface area contributed by atoms with E-state index in [1.54, 1.807) is 15.9 Å². The monoisotopic (exact) mass is 639 g/mol. The number of anilines is 1. The average molecular weight is 640 g/mol. The number of H-pyrrole nitrogens is 1. The zero-order valence-corrected chi connectivity index (χ0v) is 27.8. The van der Waals surface area contributed by atoms with Gasteiger partial charge in [0.05, 0.1) is 10.6 Å². The van der Waals surface area contributed by atoms with Gasteiger partial charge < -0.3 is 14.5 Å². The Morgan fingerprint density at radius 3 is 2.40 bits per heavy atom. The average Bonchev–Trinajstić information content (AvgIpc) is 3.13. The number of aromatic nitrogens is 2. The Hall–Kier alpha value is -4.19. The van der Waals surface area contributed by atoms with E-state index in [0.29, 0.717) is 38.2 Å². The van der Waals surface area contributed by atoms with Crippen LogP contribution < -0.4 is 10.3 Å². The third-order valence-corrected chi connectivity index (χ3v) is 8.79. The van der Waals surface area contributed by atoms with Crippen molar-refractivity contribution in [1.29, 1.82) is 0 Å². The maximum Gasteiger partial charge on any atom is 0.410 e. The minimum Gasteiger partial charge on any atom is -0.444 e. The van der Waals surface area contributed by atoms with Gasteiger partial charge in [0.1, 0.15) is 5.60 Å². The predicted molar refractivity (Wildman–Crippen MR) is 176 cm³/mol. The molecule has 1 saturated heterocycles. The number of aryl methyl sites for hydroxylation is 2. The summed E-state index contributed by atoms with van der Waals surface area (Å²) in [7, 11) is -4.24. The first kappa shape index (κ1) is 33.7. The molecule has 45 heavy (non-hydrogen) atoms. The van der Waals surface area contributed by atoms with E-state index in [-0.39, 0.29) is 35.7 Å². The Labute approximate surface area is 266 Å². The topological polar surface area (TPSA) is 142 Å². The second-order valence-electron chi connectivity index (χ2n) is 12.9. The summed E-state index contributed by atoms with van der Waals surface area (Å²) in [5.74, 6) is -0.315. The van der Waals surface area contributed by atoms with E-state index in [0.717, 1.165) is 16.7 Å². The molecular weight excluding hydrogens is 594 g/mol. The van der Waals surface area contributed by atoms with E-state index < -0.39 is 27.3 Å². The fourth-order valence-electron chi connectivity index (χ4n) is 5.57. The van der Waals surface area contributed by atoms with Crippen LogP contribution in [0.15, 0.2) is 58.2 Å². The number of amides is 2. The zero-order chi connectivity index (χ0) is 33.1. The van der Waals surface area contributed by atoms with Crippen LogP contribution >= 0.6 is 0 Å². The number of carbonyl (C=O) groups excluding carboxylic acids is 2. The maximum absolute atomic E-state index is 13.9. The van der Waals surface area contributed by atoms with Crippen LogP contribution in [0, 0.1) is 19.8 Å². The molecule has 4 rings (SSSR count). The molecule has 2 heterocycles. The maximum atomic E-state index is 13.9. The molecule has 1 aliphatic rings. The molecule has 0 aliphatic carbocycles. The molecule has 3 aromatic rings. The lowest BCUT2D eigenvalue weighted by Crippen LogP contribution is -2.47. The normalized spacial score (nSPS) is 16.0. The van der Waals surface area contributed by atoms with Gasteiger partial charge in [-0.2, -0.15) is 0 Å². The lowest BCUT2D eigenvalue weighted by molar-refractivity contribution is 0.0219. The van der Waals surface area contributed by atoms with E-state index in [9.17, 15) is 22.8 Å². The summed E-state index contributed by atoms with van der Waals surface area (Å²) in [5.41, 5.74) is 1.92. The summed E-state index contributed by atoms with van der Waals surface area (Å²) in [4.78, 5) is 49.4. The van der Waals surface area contributed by atoms with Crippen molar-refractivity contribution in [2.45, 2.75) is 77.8 Å². The molecule has 0 spiro atoms. The third-order valence-electron chi connectivity index (χ3n) is 7.46. The molecule has 0 bridgehead atoms. The largest absolute Gasteiger partial charge is 0.444 e. The Kier molecular flexibility index (Phi) is 10.1. The Bertz CT molecular complexity index is 1710. The Balaban J connectivity index is 0.00000576. The molecule has 1 atom stereocenters. The van der Waals surface area contributed by atoms with Gasteiger partial charge in [-0.3, -0.25) is 14.6 Å². The molecule has 2 amide bonds. The zero-order valence-electron chi connectivity index (χ0n) is 27.0. The number of benzene rings is 2. The van der Waals surface area contributed by atoms with Crippen LogP contribution in [0.2, 0.25) is 0 Å². The fraction of sp³-hybridized carbons (Fsp3) is 0.455. The number of aromatic amines is 1. The molecule has 2 aromatic carbocycles. The number of nitrogens with one attached hydrogen (secondary N) is 2. The quantitative estimate of drug-likeness (QED) is 0.343. The number of carbonyl (C=O) groups is 2. The lowest BCUT2D eigenvalue weighted by Gasteiger charge is -2.33. The van der Waals surface area contributed by atoms with Crippen molar-refractivity contribution in [2.75, 3.05) is 24.4 Å². The van der Waals surface area contributed by atoms with E-state index in [2.05, 4.69) is 28.5 Å². The summed E-state index contributed by atoms with van der Waals surface area (Å²) >= 11 is 0. The number of nitrogens with zero attached hydrogens (tertiary/aromatic N) is 3. The van der Waals surface area contributed by atoms with Gasteiger partial charge in [0.15, 0.2) is 0 Å². The van der Waals surface area contributed by atoms with Crippen molar-refractivity contribution in [3.8, 4) is 11.3 Å². The third kappa shape index (κ3) is 8.50. The van der Waals surface area contributed by atoms with Crippen LogP contribution in [-0.2, 0) is 14.8 Å². The Morgan fingerprint density at radius 2 is 1.76 bits per heavy atom. The number of sulfonamides is 1. The number of ether oxygens (including phenoxy) is 1. The van der Waals surface area contributed by atoms with Gasteiger partial charge in [-0.15, -0.1) is 0 Å². The molecule has 1 fully saturated rings. The Morgan fingerprint density at radius 1 is 1.09 bits per heavy atom. The highest BCUT2D eigenvalue weighted by Crippen LogP contribution is 2.26. The van der Waals surface area contributed by atoms with Crippen LogP contribution in [0.25, 0.3) is 11.3 Å². The van der Waals surface area contributed by atoms with Crippen LogP contribution in [0.1, 0.15) is 70.4 Å². The van der Waals surface area contributed by atoms with E-state index >= 15 is 0 Å². The van der Waals surface area contributed by atoms with Gasteiger partial charge in [0.25, 0.3) is 21.5 Å².